The molecule has 108 valence electrons. The van der Waals surface area contributed by atoms with Crippen molar-refractivity contribution in [2.24, 2.45) is 0 Å². The van der Waals surface area contributed by atoms with Gasteiger partial charge in [-0.2, -0.15) is 0 Å². The maximum absolute atomic E-state index is 12.1. The molecule has 2 amide bonds. The molecule has 0 saturated heterocycles. The van der Waals surface area contributed by atoms with E-state index in [0.717, 1.165) is 12.1 Å². The van der Waals surface area contributed by atoms with Crippen LogP contribution in [-0.2, 0) is 10.0 Å². The summed E-state index contributed by atoms with van der Waals surface area (Å²) in [6.45, 7) is 2.24. The molecule has 0 aromatic heterocycles. The second-order valence-corrected chi connectivity index (χ2v) is 6.20. The first-order chi connectivity index (χ1) is 9.44. The molecule has 0 radical (unpaired) electrons. The van der Waals surface area contributed by atoms with E-state index in [1.807, 2.05) is 17.7 Å². The van der Waals surface area contributed by atoms with Crippen molar-refractivity contribution in [2.75, 3.05) is 6.54 Å². The summed E-state index contributed by atoms with van der Waals surface area (Å²) in [5.74, 6) is 0. The molecule has 1 aliphatic rings. The Morgan fingerprint density at radius 3 is 2.75 bits per heavy atom. The highest BCUT2D eigenvalue weighted by Crippen LogP contribution is 2.20. The van der Waals surface area contributed by atoms with Crippen molar-refractivity contribution in [3.63, 3.8) is 0 Å². The molecule has 0 unspecified atom stereocenters. The Morgan fingerprint density at radius 2 is 2.15 bits per heavy atom. The van der Waals surface area contributed by atoms with Crippen LogP contribution in [0.1, 0.15) is 13.3 Å². The fraction of sp³-hybridized carbons (Fsp3) is 0.250. The van der Waals surface area contributed by atoms with Gasteiger partial charge in [0.2, 0.25) is 0 Å². The molecule has 1 heterocycles. The van der Waals surface area contributed by atoms with Gasteiger partial charge in [0.25, 0.3) is 10.0 Å². The van der Waals surface area contributed by atoms with Crippen LogP contribution < -0.4 is 10.1 Å². The molecule has 1 aliphatic heterocycles. The van der Waals surface area contributed by atoms with Crippen LogP contribution in [0.2, 0.25) is 5.02 Å². The van der Waals surface area contributed by atoms with Gasteiger partial charge in [0.1, 0.15) is 4.90 Å². The molecule has 2 rings (SSSR count). The van der Waals surface area contributed by atoms with Crippen LogP contribution in [0.4, 0.5) is 4.79 Å². The third kappa shape index (κ3) is 3.05. The van der Waals surface area contributed by atoms with Crippen molar-refractivity contribution in [1.29, 1.82) is 0 Å². The minimum absolute atomic E-state index is 0.0644. The van der Waals surface area contributed by atoms with Gasteiger partial charge >= 0.3 is 6.03 Å². The van der Waals surface area contributed by atoms with Gasteiger partial charge in [-0.05, 0) is 24.6 Å². The second-order valence-electron chi connectivity index (χ2n) is 4.15. The smallest absolute Gasteiger partial charge is 0.299 e. The number of hydrogen-bond acceptors (Lipinski definition) is 4. The number of allylic oxidation sites excluding steroid dienone is 1. The molecular formula is C12H14ClN3O3S. The molecule has 20 heavy (non-hydrogen) atoms. The summed E-state index contributed by atoms with van der Waals surface area (Å²) in [5, 5.41) is 1.25. The lowest BCUT2D eigenvalue weighted by Crippen LogP contribution is -2.46. The largest absolute Gasteiger partial charge is 0.350 e. The van der Waals surface area contributed by atoms with E-state index in [1.54, 1.807) is 6.07 Å². The predicted octanol–water partition coefficient (Wildman–Crippen LogP) is 1.85. The Balaban J connectivity index is 2.10. The molecule has 1 aromatic rings. The zero-order valence-electron chi connectivity index (χ0n) is 10.8. The predicted molar refractivity (Wildman–Crippen MR) is 75.4 cm³/mol. The molecular weight excluding hydrogens is 302 g/mol. The number of hydrazine groups is 1. The van der Waals surface area contributed by atoms with Crippen LogP contribution in [0.5, 0.6) is 0 Å². The lowest BCUT2D eigenvalue weighted by atomic mass is 10.3. The summed E-state index contributed by atoms with van der Waals surface area (Å²) in [7, 11) is -3.99. The van der Waals surface area contributed by atoms with Gasteiger partial charge < -0.3 is 0 Å². The van der Waals surface area contributed by atoms with E-state index in [-0.39, 0.29) is 9.92 Å². The van der Waals surface area contributed by atoms with E-state index in [0.29, 0.717) is 6.54 Å². The van der Waals surface area contributed by atoms with Gasteiger partial charge in [0.05, 0.1) is 11.6 Å². The van der Waals surface area contributed by atoms with Gasteiger partial charge in [-0.25, -0.2) is 22.9 Å². The number of sulfonamides is 1. The molecule has 0 fully saturated rings. The normalized spacial score (nSPS) is 14.7. The Hall–Kier alpha value is -1.73. The Labute approximate surface area is 122 Å². The highest BCUT2D eigenvalue weighted by atomic mass is 35.5. The van der Waals surface area contributed by atoms with E-state index < -0.39 is 16.1 Å². The maximum atomic E-state index is 12.1. The van der Waals surface area contributed by atoms with Crippen molar-refractivity contribution >= 4 is 27.7 Å². The molecule has 0 bridgehead atoms. The lowest BCUT2D eigenvalue weighted by molar-refractivity contribution is 0.198. The number of nitrogens with zero attached hydrogens (tertiary/aromatic N) is 1. The van der Waals surface area contributed by atoms with E-state index in [1.165, 1.54) is 23.2 Å². The summed E-state index contributed by atoms with van der Waals surface area (Å²) in [4.78, 5) is 11.8. The van der Waals surface area contributed by atoms with Gasteiger partial charge in [0, 0.05) is 5.70 Å². The molecule has 0 spiro atoms. The van der Waals surface area contributed by atoms with Gasteiger partial charge in [-0.1, -0.05) is 30.7 Å². The van der Waals surface area contributed by atoms with Crippen LogP contribution >= 0.6 is 11.6 Å². The topological polar surface area (TPSA) is 78.5 Å². The average Bonchev–Trinajstić information content (AvgIpc) is 2.87. The first-order valence-electron chi connectivity index (χ1n) is 5.98. The summed E-state index contributed by atoms with van der Waals surface area (Å²) in [5.41, 5.74) is 3.68. The first-order valence-corrected chi connectivity index (χ1v) is 7.84. The Morgan fingerprint density at radius 1 is 1.45 bits per heavy atom. The van der Waals surface area contributed by atoms with E-state index in [9.17, 15) is 13.2 Å². The van der Waals surface area contributed by atoms with Crippen LogP contribution in [0.15, 0.2) is 40.9 Å². The first kappa shape index (κ1) is 14.7. The molecule has 1 aromatic carbocycles. The molecule has 0 saturated carbocycles. The highest BCUT2D eigenvalue weighted by Gasteiger charge is 2.25. The third-order valence-electron chi connectivity index (χ3n) is 2.77. The summed E-state index contributed by atoms with van der Waals surface area (Å²) >= 11 is 5.83. The monoisotopic (exact) mass is 315 g/mol. The second kappa shape index (κ2) is 5.72. The van der Waals surface area contributed by atoms with Crippen molar-refractivity contribution in [3.05, 3.63) is 41.1 Å². The van der Waals surface area contributed by atoms with Crippen LogP contribution in [0, 0.1) is 0 Å². The number of rotatable bonds is 3. The van der Waals surface area contributed by atoms with Crippen molar-refractivity contribution in [1.82, 2.24) is 15.2 Å². The van der Waals surface area contributed by atoms with Gasteiger partial charge in [0.15, 0.2) is 0 Å². The fourth-order valence-electron chi connectivity index (χ4n) is 1.71. The van der Waals surface area contributed by atoms with Crippen molar-refractivity contribution in [3.8, 4) is 0 Å². The number of hydrogen-bond donors (Lipinski definition) is 2. The fourth-order valence-corrected chi connectivity index (χ4v) is 3.18. The minimum Gasteiger partial charge on any atom is -0.299 e. The lowest BCUT2D eigenvalue weighted by Gasteiger charge is -2.18. The minimum atomic E-state index is -3.99. The summed E-state index contributed by atoms with van der Waals surface area (Å²) in [6, 6.07) is 5.19. The zero-order valence-corrected chi connectivity index (χ0v) is 12.3. The standard InChI is InChI=1S/C12H14ClN3O3S/c1-2-9-7-8-16(14-9)12(17)15-20(18,19)11-6-4-3-5-10(11)13/h3-7,14H,2,8H2,1H3,(H,15,17). The average molecular weight is 316 g/mol. The Bertz CT molecular complexity index is 658. The van der Waals surface area contributed by atoms with Crippen molar-refractivity contribution < 1.29 is 13.2 Å². The number of carbonyl (C=O) groups excluding carboxylic acids is 1. The molecule has 0 aliphatic carbocycles. The zero-order chi connectivity index (χ0) is 14.8. The Kier molecular flexibility index (Phi) is 4.20. The number of amides is 2. The summed E-state index contributed by atoms with van der Waals surface area (Å²) in [6.07, 6.45) is 2.56. The van der Waals surface area contributed by atoms with Crippen molar-refractivity contribution in [2.45, 2.75) is 18.2 Å². The molecule has 8 heteroatoms. The number of halogens is 1. The number of nitrogens with one attached hydrogen (secondary N) is 2. The summed E-state index contributed by atoms with van der Waals surface area (Å²) < 4.78 is 26.1. The van der Waals surface area contributed by atoms with Crippen LogP contribution in [0.3, 0.4) is 0 Å². The number of urea groups is 1. The third-order valence-corrected chi connectivity index (χ3v) is 4.59. The molecule has 6 nitrogen and oxygen atoms in total. The van der Waals surface area contributed by atoms with Gasteiger partial charge in [-0.3, -0.25) is 5.43 Å². The van der Waals surface area contributed by atoms with Crippen LogP contribution in [0.25, 0.3) is 0 Å². The van der Waals surface area contributed by atoms with E-state index in [4.69, 9.17) is 11.6 Å². The number of carbonyl (C=O) groups is 1. The molecule has 2 N–H and O–H groups in total. The quantitative estimate of drug-likeness (QED) is 0.892. The van der Waals surface area contributed by atoms with E-state index >= 15 is 0 Å². The number of benzene rings is 1. The molecule has 0 atom stereocenters. The van der Waals surface area contributed by atoms with Crippen LogP contribution in [-0.4, -0.2) is 26.0 Å². The highest BCUT2D eigenvalue weighted by molar-refractivity contribution is 7.90. The van der Waals surface area contributed by atoms with Gasteiger partial charge in [-0.15, -0.1) is 0 Å². The SMILES string of the molecule is CCC1=CCN(C(=O)NS(=O)(=O)c2ccccc2Cl)N1. The van der Waals surface area contributed by atoms with E-state index in [2.05, 4.69) is 5.43 Å². The maximum Gasteiger partial charge on any atom is 0.350 e.